The zero-order valence-electron chi connectivity index (χ0n) is 12.7. The summed E-state index contributed by atoms with van der Waals surface area (Å²) in [5.41, 5.74) is 0.279. The number of thioether (sulfide) groups is 1. The van der Waals surface area contributed by atoms with E-state index in [4.69, 9.17) is 11.6 Å². The number of allylic oxidation sites excluding steroid dienone is 1. The molecule has 0 spiro atoms. The van der Waals surface area contributed by atoms with Gasteiger partial charge in [0.15, 0.2) is 17.4 Å². The van der Waals surface area contributed by atoms with Crippen LogP contribution in [0.25, 0.3) is 0 Å². The van der Waals surface area contributed by atoms with E-state index in [1.54, 1.807) is 25.3 Å². The molecular weight excluding hydrogens is 325 g/mol. The summed E-state index contributed by atoms with van der Waals surface area (Å²) in [4.78, 5) is 26.9. The number of Topliss-reactive ketones (excluding diaryl/α,β-unsaturated/α-hetero) is 2. The van der Waals surface area contributed by atoms with Gasteiger partial charge in [0, 0.05) is 31.8 Å². The molecule has 118 valence electrons. The van der Waals surface area contributed by atoms with E-state index in [-0.39, 0.29) is 32.8 Å². The minimum atomic E-state index is -0.622. The van der Waals surface area contributed by atoms with Crippen LogP contribution in [-0.4, -0.2) is 36.8 Å². The van der Waals surface area contributed by atoms with E-state index in [1.165, 1.54) is 18.3 Å². The number of rotatable bonds is 6. The SMILES string of the molecule is CSc1c(C(=O)C(=CN(C)C)C(=O)C2CC2)ccc(Cl)c1F. The largest absolute Gasteiger partial charge is 0.383 e. The molecule has 3 nitrogen and oxygen atoms in total. The minimum absolute atomic E-state index is 0.0347. The molecule has 0 aromatic heterocycles. The Morgan fingerprint density at radius 3 is 2.50 bits per heavy atom. The van der Waals surface area contributed by atoms with Crippen LogP contribution in [-0.2, 0) is 4.79 Å². The Bertz CT molecular complexity index is 654. The Kier molecular flexibility index (Phi) is 5.29. The van der Waals surface area contributed by atoms with Crippen molar-refractivity contribution >= 4 is 34.9 Å². The molecule has 1 fully saturated rings. The predicted octanol–water partition coefficient (Wildman–Crippen LogP) is 3.81. The van der Waals surface area contributed by atoms with Gasteiger partial charge in [-0.3, -0.25) is 9.59 Å². The van der Waals surface area contributed by atoms with Crippen molar-refractivity contribution in [1.29, 1.82) is 0 Å². The van der Waals surface area contributed by atoms with Crippen LogP contribution in [0.5, 0.6) is 0 Å². The smallest absolute Gasteiger partial charge is 0.199 e. The van der Waals surface area contributed by atoms with Gasteiger partial charge in [0.2, 0.25) is 0 Å². The zero-order valence-corrected chi connectivity index (χ0v) is 14.2. The summed E-state index contributed by atoms with van der Waals surface area (Å²) in [5, 5.41) is -0.0347. The van der Waals surface area contributed by atoms with Gasteiger partial charge in [-0.15, -0.1) is 11.8 Å². The van der Waals surface area contributed by atoms with Crippen LogP contribution in [0.15, 0.2) is 28.8 Å². The molecule has 0 atom stereocenters. The Balaban J connectivity index is 2.47. The molecule has 0 aliphatic heterocycles. The van der Waals surface area contributed by atoms with Crippen LogP contribution in [0.2, 0.25) is 5.02 Å². The predicted molar refractivity (Wildman–Crippen MR) is 87.0 cm³/mol. The third kappa shape index (κ3) is 3.52. The van der Waals surface area contributed by atoms with E-state index in [9.17, 15) is 14.0 Å². The van der Waals surface area contributed by atoms with Crippen LogP contribution < -0.4 is 0 Å². The van der Waals surface area contributed by atoms with Crippen molar-refractivity contribution in [3.8, 4) is 0 Å². The topological polar surface area (TPSA) is 37.4 Å². The van der Waals surface area contributed by atoms with Crippen LogP contribution in [0.3, 0.4) is 0 Å². The quantitative estimate of drug-likeness (QED) is 0.259. The number of halogens is 2. The van der Waals surface area contributed by atoms with E-state index >= 15 is 0 Å². The fraction of sp³-hybridized carbons (Fsp3) is 0.375. The third-order valence-electron chi connectivity index (χ3n) is 3.34. The molecule has 0 amide bonds. The summed E-state index contributed by atoms with van der Waals surface area (Å²) in [6.07, 6.45) is 4.80. The summed E-state index contributed by atoms with van der Waals surface area (Å²) in [6.45, 7) is 0. The van der Waals surface area contributed by atoms with Crippen LogP contribution in [0, 0.1) is 11.7 Å². The molecule has 1 aliphatic rings. The molecular formula is C16H17ClFNO2S. The minimum Gasteiger partial charge on any atom is -0.383 e. The highest BCUT2D eigenvalue weighted by Crippen LogP contribution is 2.35. The maximum absolute atomic E-state index is 14.1. The average molecular weight is 342 g/mol. The summed E-state index contributed by atoms with van der Waals surface area (Å²) in [6, 6.07) is 2.82. The molecule has 1 aromatic carbocycles. The summed E-state index contributed by atoms with van der Waals surface area (Å²) in [5.74, 6) is -1.32. The first-order chi connectivity index (χ1) is 10.4. The van der Waals surface area contributed by atoms with Crippen molar-refractivity contribution in [2.75, 3.05) is 20.4 Å². The van der Waals surface area contributed by atoms with E-state index in [0.717, 1.165) is 24.6 Å². The van der Waals surface area contributed by atoms with Gasteiger partial charge in [-0.05, 0) is 31.2 Å². The standard InChI is InChI=1S/C16H17ClFNO2S/c1-19(2)8-11(14(20)9-4-5-9)15(21)10-6-7-12(17)13(18)16(10)22-3/h6-9H,4-5H2,1-3H3. The van der Waals surface area contributed by atoms with Crippen molar-refractivity contribution < 1.29 is 14.0 Å². The second kappa shape index (κ2) is 6.84. The first-order valence-corrected chi connectivity index (χ1v) is 8.46. The molecule has 22 heavy (non-hydrogen) atoms. The number of benzene rings is 1. The number of nitrogens with zero attached hydrogens (tertiary/aromatic N) is 1. The zero-order chi connectivity index (χ0) is 16.4. The lowest BCUT2D eigenvalue weighted by Gasteiger charge is -2.13. The van der Waals surface area contributed by atoms with Gasteiger partial charge in [0.25, 0.3) is 0 Å². The molecule has 1 aliphatic carbocycles. The molecule has 6 heteroatoms. The van der Waals surface area contributed by atoms with Gasteiger partial charge in [-0.1, -0.05) is 11.6 Å². The number of carbonyl (C=O) groups excluding carboxylic acids is 2. The number of hydrogen-bond acceptors (Lipinski definition) is 4. The molecule has 0 unspecified atom stereocenters. The monoisotopic (exact) mass is 341 g/mol. The van der Waals surface area contributed by atoms with Gasteiger partial charge in [0.05, 0.1) is 15.5 Å². The van der Waals surface area contributed by atoms with Crippen molar-refractivity contribution in [3.05, 3.63) is 40.3 Å². The van der Waals surface area contributed by atoms with Gasteiger partial charge >= 0.3 is 0 Å². The fourth-order valence-corrected chi connectivity index (χ4v) is 3.00. The Labute approximate surface area is 138 Å². The summed E-state index contributed by atoms with van der Waals surface area (Å²) < 4.78 is 14.1. The van der Waals surface area contributed by atoms with Gasteiger partial charge in [-0.2, -0.15) is 0 Å². The van der Waals surface area contributed by atoms with E-state index in [1.807, 2.05) is 0 Å². The number of hydrogen-bond donors (Lipinski definition) is 0. The van der Waals surface area contributed by atoms with Gasteiger partial charge < -0.3 is 4.90 Å². The first kappa shape index (κ1) is 17.0. The molecule has 0 bridgehead atoms. The first-order valence-electron chi connectivity index (χ1n) is 6.86. The third-order valence-corrected chi connectivity index (χ3v) is 4.44. The molecule has 1 aromatic rings. The van der Waals surface area contributed by atoms with Crippen LogP contribution in [0.1, 0.15) is 23.2 Å². The van der Waals surface area contributed by atoms with Crippen LogP contribution >= 0.6 is 23.4 Å². The van der Waals surface area contributed by atoms with E-state index in [2.05, 4.69) is 0 Å². The fourth-order valence-electron chi connectivity index (χ4n) is 2.11. The molecule has 1 saturated carbocycles. The number of carbonyl (C=O) groups is 2. The summed E-state index contributed by atoms with van der Waals surface area (Å²) >= 11 is 6.87. The Morgan fingerprint density at radius 2 is 2.00 bits per heavy atom. The normalized spacial score (nSPS) is 14.9. The van der Waals surface area contributed by atoms with Gasteiger partial charge in [-0.25, -0.2) is 4.39 Å². The highest BCUT2D eigenvalue weighted by Gasteiger charge is 2.35. The van der Waals surface area contributed by atoms with Crippen LogP contribution in [0.4, 0.5) is 4.39 Å². The highest BCUT2D eigenvalue weighted by atomic mass is 35.5. The lowest BCUT2D eigenvalue weighted by atomic mass is 9.98. The van der Waals surface area contributed by atoms with Crippen molar-refractivity contribution in [3.63, 3.8) is 0 Å². The van der Waals surface area contributed by atoms with E-state index < -0.39 is 11.6 Å². The number of ketones is 2. The summed E-state index contributed by atoms with van der Waals surface area (Å²) in [7, 11) is 3.48. The molecule has 0 saturated heterocycles. The molecule has 0 N–H and O–H groups in total. The second-order valence-electron chi connectivity index (χ2n) is 5.42. The maximum Gasteiger partial charge on any atom is 0.199 e. The Hall–Kier alpha value is -1.33. The van der Waals surface area contributed by atoms with Gasteiger partial charge in [0.1, 0.15) is 0 Å². The van der Waals surface area contributed by atoms with E-state index in [0.29, 0.717) is 0 Å². The molecule has 0 heterocycles. The average Bonchev–Trinajstić information content (AvgIpc) is 3.30. The lowest BCUT2D eigenvalue weighted by molar-refractivity contribution is -0.116. The molecule has 2 rings (SSSR count). The lowest BCUT2D eigenvalue weighted by Crippen LogP contribution is -2.19. The van der Waals surface area contributed by atoms with Crippen molar-refractivity contribution in [2.24, 2.45) is 5.92 Å². The second-order valence-corrected chi connectivity index (χ2v) is 6.64. The Morgan fingerprint density at radius 1 is 1.36 bits per heavy atom. The highest BCUT2D eigenvalue weighted by molar-refractivity contribution is 7.98. The maximum atomic E-state index is 14.1. The van der Waals surface area contributed by atoms with Crippen molar-refractivity contribution in [1.82, 2.24) is 4.90 Å². The molecule has 0 radical (unpaired) electrons. The van der Waals surface area contributed by atoms with Crippen molar-refractivity contribution in [2.45, 2.75) is 17.7 Å².